The van der Waals surface area contributed by atoms with Crippen molar-refractivity contribution in [3.05, 3.63) is 76.3 Å². The van der Waals surface area contributed by atoms with Gasteiger partial charge in [-0.1, -0.05) is 18.2 Å². The number of aromatic nitrogens is 3. The van der Waals surface area contributed by atoms with E-state index < -0.39 is 0 Å². The highest BCUT2D eigenvalue weighted by atomic mass is 16.2. The van der Waals surface area contributed by atoms with Crippen molar-refractivity contribution in [3.8, 4) is 0 Å². The number of carbonyl (C=O) groups is 1. The summed E-state index contributed by atoms with van der Waals surface area (Å²) in [4.78, 5) is 35.4. The third-order valence-corrected chi connectivity index (χ3v) is 3.99. The van der Waals surface area contributed by atoms with Gasteiger partial charge in [0.2, 0.25) is 5.56 Å². The number of nitrogens with zero attached hydrogens (tertiary/aromatic N) is 2. The maximum absolute atomic E-state index is 12.4. The Morgan fingerprint density at radius 1 is 1.08 bits per heavy atom. The van der Waals surface area contributed by atoms with Crippen molar-refractivity contribution in [2.24, 2.45) is 0 Å². The molecule has 2 heterocycles. The molecule has 25 heavy (non-hydrogen) atoms. The van der Waals surface area contributed by atoms with E-state index in [1.807, 2.05) is 37.3 Å². The zero-order valence-electron chi connectivity index (χ0n) is 13.4. The first-order valence-corrected chi connectivity index (χ1v) is 7.77. The minimum atomic E-state index is -0.354. The van der Waals surface area contributed by atoms with Gasteiger partial charge in [0, 0.05) is 17.1 Å². The van der Waals surface area contributed by atoms with Crippen molar-refractivity contribution in [2.45, 2.75) is 6.92 Å². The molecular weight excluding hydrogens is 316 g/mol. The first kappa shape index (κ1) is 15.0. The fourth-order valence-corrected chi connectivity index (χ4v) is 2.77. The van der Waals surface area contributed by atoms with Crippen LogP contribution in [0.15, 0.2) is 59.5 Å². The summed E-state index contributed by atoms with van der Waals surface area (Å²) in [5.74, 6) is -0.354. The van der Waals surface area contributed by atoms with Crippen LogP contribution in [0.5, 0.6) is 0 Å². The lowest BCUT2D eigenvalue weighted by Crippen LogP contribution is -2.14. The predicted molar refractivity (Wildman–Crippen MR) is 96.8 cm³/mol. The zero-order valence-corrected chi connectivity index (χ0v) is 13.4. The molecule has 2 aromatic heterocycles. The molecule has 6 heteroatoms. The highest BCUT2D eigenvalue weighted by molar-refractivity contribution is 6.04. The van der Waals surface area contributed by atoms with Crippen molar-refractivity contribution in [1.82, 2.24) is 15.0 Å². The van der Waals surface area contributed by atoms with Crippen LogP contribution in [-0.4, -0.2) is 20.9 Å². The van der Waals surface area contributed by atoms with Gasteiger partial charge in [-0.3, -0.25) is 14.6 Å². The second kappa shape index (κ2) is 5.83. The Kier molecular flexibility index (Phi) is 3.50. The summed E-state index contributed by atoms with van der Waals surface area (Å²) in [7, 11) is 0. The number of aromatic amines is 1. The molecule has 122 valence electrons. The second-order valence-electron chi connectivity index (χ2n) is 5.78. The molecule has 0 aliphatic carbocycles. The van der Waals surface area contributed by atoms with Gasteiger partial charge >= 0.3 is 0 Å². The number of nitrogens with one attached hydrogen (secondary N) is 2. The number of H-pyrrole nitrogens is 1. The molecule has 2 aromatic carbocycles. The van der Waals surface area contributed by atoms with Crippen LogP contribution in [0.4, 0.5) is 5.69 Å². The third kappa shape index (κ3) is 2.85. The summed E-state index contributed by atoms with van der Waals surface area (Å²) < 4.78 is 0. The molecule has 0 bridgehead atoms. The Morgan fingerprint density at radius 3 is 2.72 bits per heavy atom. The summed E-state index contributed by atoms with van der Waals surface area (Å²) in [5, 5.41) is 3.72. The monoisotopic (exact) mass is 330 g/mol. The van der Waals surface area contributed by atoms with Crippen molar-refractivity contribution >= 4 is 33.5 Å². The number of hydrogen-bond acceptors (Lipinski definition) is 4. The zero-order chi connectivity index (χ0) is 17.4. The lowest BCUT2D eigenvalue weighted by molar-refractivity contribution is 0.102. The Labute approximate surface area is 142 Å². The van der Waals surface area contributed by atoms with Crippen molar-refractivity contribution in [1.29, 1.82) is 0 Å². The fourth-order valence-electron chi connectivity index (χ4n) is 2.77. The number of rotatable bonds is 2. The average Bonchev–Trinajstić information content (AvgIpc) is 2.60. The van der Waals surface area contributed by atoms with E-state index in [1.54, 1.807) is 18.2 Å². The lowest BCUT2D eigenvalue weighted by Gasteiger charge is -2.07. The number of carbonyl (C=O) groups excluding carboxylic acids is 1. The van der Waals surface area contributed by atoms with Crippen LogP contribution in [0.2, 0.25) is 0 Å². The molecule has 0 unspecified atom stereocenters. The van der Waals surface area contributed by atoms with Crippen LogP contribution in [-0.2, 0) is 0 Å². The average molecular weight is 330 g/mol. The molecular formula is C19H14N4O2. The number of anilines is 1. The van der Waals surface area contributed by atoms with Crippen LogP contribution in [0.25, 0.3) is 21.9 Å². The molecule has 4 aromatic rings. The summed E-state index contributed by atoms with van der Waals surface area (Å²) in [5.41, 5.74) is 3.59. The normalized spacial score (nSPS) is 10.9. The Morgan fingerprint density at radius 2 is 1.88 bits per heavy atom. The smallest absolute Gasteiger partial charge is 0.275 e. The summed E-state index contributed by atoms with van der Waals surface area (Å²) in [6.45, 7) is 1.88. The Hall–Kier alpha value is -3.54. The van der Waals surface area contributed by atoms with E-state index in [9.17, 15) is 9.59 Å². The topological polar surface area (TPSA) is 87.7 Å². The van der Waals surface area contributed by atoms with E-state index in [0.29, 0.717) is 16.7 Å². The molecule has 0 aliphatic heterocycles. The minimum absolute atomic E-state index is 0.172. The Balaban J connectivity index is 1.67. The SMILES string of the molecule is Cc1cc(=O)[nH]c2cc(NC(=O)c3cnc4ccccc4n3)ccc12. The maximum atomic E-state index is 12.4. The summed E-state index contributed by atoms with van der Waals surface area (Å²) in [6.07, 6.45) is 1.45. The molecule has 0 aliphatic rings. The third-order valence-electron chi connectivity index (χ3n) is 3.99. The largest absolute Gasteiger partial charge is 0.322 e. The Bertz CT molecular complexity index is 1180. The van der Waals surface area contributed by atoms with Gasteiger partial charge in [-0.15, -0.1) is 0 Å². The van der Waals surface area contributed by atoms with Crippen LogP contribution in [0.1, 0.15) is 16.1 Å². The summed E-state index contributed by atoms with van der Waals surface area (Å²) in [6, 6.07) is 14.3. The molecule has 0 fully saturated rings. The number of pyridine rings is 1. The van der Waals surface area contributed by atoms with E-state index in [2.05, 4.69) is 20.3 Å². The molecule has 0 atom stereocenters. The van der Waals surface area contributed by atoms with Gasteiger partial charge < -0.3 is 10.3 Å². The molecule has 0 saturated carbocycles. The number of amides is 1. The molecule has 0 radical (unpaired) electrons. The number of para-hydroxylation sites is 2. The van der Waals surface area contributed by atoms with Crippen LogP contribution < -0.4 is 10.9 Å². The molecule has 2 N–H and O–H groups in total. The van der Waals surface area contributed by atoms with Gasteiger partial charge in [0.15, 0.2) is 0 Å². The number of aryl methyl sites for hydroxylation is 1. The van der Waals surface area contributed by atoms with Gasteiger partial charge in [-0.2, -0.15) is 0 Å². The second-order valence-corrected chi connectivity index (χ2v) is 5.78. The lowest BCUT2D eigenvalue weighted by atomic mass is 10.1. The minimum Gasteiger partial charge on any atom is -0.322 e. The number of benzene rings is 2. The van der Waals surface area contributed by atoms with Gasteiger partial charge in [0.1, 0.15) is 5.69 Å². The van der Waals surface area contributed by atoms with E-state index in [1.165, 1.54) is 6.20 Å². The highest BCUT2D eigenvalue weighted by Crippen LogP contribution is 2.19. The van der Waals surface area contributed by atoms with Gasteiger partial charge in [-0.05, 0) is 36.8 Å². The first-order valence-electron chi connectivity index (χ1n) is 7.77. The van der Waals surface area contributed by atoms with Crippen molar-refractivity contribution in [3.63, 3.8) is 0 Å². The predicted octanol–water partition coefficient (Wildman–Crippen LogP) is 3.03. The van der Waals surface area contributed by atoms with Crippen molar-refractivity contribution in [2.75, 3.05) is 5.32 Å². The highest BCUT2D eigenvalue weighted by Gasteiger charge is 2.10. The molecule has 6 nitrogen and oxygen atoms in total. The van der Waals surface area contributed by atoms with E-state index in [-0.39, 0.29) is 17.2 Å². The van der Waals surface area contributed by atoms with Gasteiger partial charge in [0.25, 0.3) is 5.91 Å². The maximum Gasteiger partial charge on any atom is 0.275 e. The standard InChI is InChI=1S/C19H14N4O2/c1-11-8-18(24)23-16-9-12(6-7-13(11)16)21-19(25)17-10-20-14-4-2-3-5-15(14)22-17/h2-10H,1H3,(H,21,25)(H,23,24). The van der Waals surface area contributed by atoms with E-state index in [0.717, 1.165) is 16.5 Å². The molecule has 1 amide bonds. The number of hydrogen-bond donors (Lipinski definition) is 2. The number of fused-ring (bicyclic) bond motifs is 2. The summed E-state index contributed by atoms with van der Waals surface area (Å²) >= 11 is 0. The van der Waals surface area contributed by atoms with E-state index >= 15 is 0 Å². The van der Waals surface area contributed by atoms with Crippen LogP contribution in [0.3, 0.4) is 0 Å². The quantitative estimate of drug-likeness (QED) is 0.591. The van der Waals surface area contributed by atoms with Crippen molar-refractivity contribution < 1.29 is 4.79 Å². The molecule has 0 spiro atoms. The van der Waals surface area contributed by atoms with E-state index in [4.69, 9.17) is 0 Å². The van der Waals surface area contributed by atoms with Crippen LogP contribution >= 0.6 is 0 Å². The van der Waals surface area contributed by atoms with Crippen LogP contribution in [0, 0.1) is 6.92 Å². The fraction of sp³-hybridized carbons (Fsp3) is 0.0526. The molecule has 0 saturated heterocycles. The first-order chi connectivity index (χ1) is 12.1. The molecule has 4 rings (SSSR count). The van der Waals surface area contributed by atoms with Gasteiger partial charge in [0.05, 0.1) is 22.7 Å². The van der Waals surface area contributed by atoms with Gasteiger partial charge in [-0.25, -0.2) is 4.98 Å².